The number of H-pyrrole nitrogens is 1. The molecule has 0 aliphatic heterocycles. The van der Waals surface area contributed by atoms with Crippen LogP contribution in [0.5, 0.6) is 0 Å². The summed E-state index contributed by atoms with van der Waals surface area (Å²) >= 11 is 1.66. The highest BCUT2D eigenvalue weighted by molar-refractivity contribution is 7.98. The fraction of sp³-hybridized carbons (Fsp3) is 0.167. The SMILES string of the molecule is Cc1ccccc1SCc1noc(-c2nc(N)n[nH]2)n1. The third-order valence-corrected chi connectivity index (χ3v) is 3.80. The Hall–Kier alpha value is -2.35. The number of aromatic amines is 1. The van der Waals surface area contributed by atoms with E-state index in [0.717, 1.165) is 0 Å². The molecule has 0 unspecified atom stereocenters. The number of aryl methyl sites for hydroxylation is 1. The molecule has 0 aliphatic carbocycles. The maximum Gasteiger partial charge on any atom is 0.295 e. The van der Waals surface area contributed by atoms with Crippen molar-refractivity contribution in [1.82, 2.24) is 25.3 Å². The fourth-order valence-electron chi connectivity index (χ4n) is 1.64. The summed E-state index contributed by atoms with van der Waals surface area (Å²) in [5.74, 6) is 2.03. The van der Waals surface area contributed by atoms with Crippen molar-refractivity contribution in [2.24, 2.45) is 0 Å². The molecule has 20 heavy (non-hydrogen) atoms. The fourth-order valence-corrected chi connectivity index (χ4v) is 2.51. The van der Waals surface area contributed by atoms with Crippen LogP contribution in [0.4, 0.5) is 5.95 Å². The topological polar surface area (TPSA) is 107 Å². The van der Waals surface area contributed by atoms with Gasteiger partial charge in [0, 0.05) is 4.90 Å². The molecule has 2 aromatic heterocycles. The summed E-state index contributed by atoms with van der Waals surface area (Å²) < 4.78 is 5.12. The molecule has 2 heterocycles. The second-order valence-corrected chi connectivity index (χ2v) is 5.13. The number of hydrogen-bond donors (Lipinski definition) is 2. The van der Waals surface area contributed by atoms with Gasteiger partial charge in [-0.1, -0.05) is 23.4 Å². The Kier molecular flexibility index (Phi) is 3.38. The molecule has 8 heteroatoms. The summed E-state index contributed by atoms with van der Waals surface area (Å²) in [4.78, 5) is 9.38. The van der Waals surface area contributed by atoms with Gasteiger partial charge in [-0.3, -0.25) is 5.10 Å². The lowest BCUT2D eigenvalue weighted by Crippen LogP contribution is -1.87. The molecule has 0 spiro atoms. The summed E-state index contributed by atoms with van der Waals surface area (Å²) in [7, 11) is 0. The molecule has 0 amide bonds. The minimum Gasteiger partial charge on any atom is -0.366 e. The molecule has 7 nitrogen and oxygen atoms in total. The van der Waals surface area contributed by atoms with Gasteiger partial charge in [0.2, 0.25) is 11.8 Å². The highest BCUT2D eigenvalue weighted by Gasteiger charge is 2.13. The Labute approximate surface area is 119 Å². The minimum atomic E-state index is 0.147. The molecule has 0 saturated carbocycles. The van der Waals surface area contributed by atoms with E-state index in [1.165, 1.54) is 10.5 Å². The van der Waals surface area contributed by atoms with Gasteiger partial charge >= 0.3 is 0 Å². The maximum atomic E-state index is 5.43. The minimum absolute atomic E-state index is 0.147. The summed E-state index contributed by atoms with van der Waals surface area (Å²) in [5, 5.41) is 10.3. The summed E-state index contributed by atoms with van der Waals surface area (Å²) in [5.41, 5.74) is 6.65. The summed E-state index contributed by atoms with van der Waals surface area (Å²) in [6.45, 7) is 2.07. The van der Waals surface area contributed by atoms with Crippen LogP contribution in [0.3, 0.4) is 0 Å². The average Bonchev–Trinajstić information content (AvgIpc) is 3.06. The molecule has 0 aliphatic rings. The van der Waals surface area contributed by atoms with E-state index in [9.17, 15) is 0 Å². The van der Waals surface area contributed by atoms with Crippen LogP contribution in [0.2, 0.25) is 0 Å². The molecule has 0 fully saturated rings. The largest absolute Gasteiger partial charge is 0.366 e. The number of anilines is 1. The summed E-state index contributed by atoms with van der Waals surface area (Å²) in [6, 6.07) is 8.16. The third kappa shape index (κ3) is 2.64. The van der Waals surface area contributed by atoms with Gasteiger partial charge in [0.05, 0.1) is 5.75 Å². The van der Waals surface area contributed by atoms with E-state index in [0.29, 0.717) is 17.4 Å². The number of benzene rings is 1. The lowest BCUT2D eigenvalue weighted by Gasteiger charge is -2.01. The Morgan fingerprint density at radius 2 is 2.15 bits per heavy atom. The van der Waals surface area contributed by atoms with Crippen molar-refractivity contribution < 1.29 is 4.52 Å². The third-order valence-electron chi connectivity index (χ3n) is 2.62. The quantitative estimate of drug-likeness (QED) is 0.707. The maximum absolute atomic E-state index is 5.43. The highest BCUT2D eigenvalue weighted by atomic mass is 32.2. The Morgan fingerprint density at radius 3 is 2.90 bits per heavy atom. The molecule has 1 aromatic carbocycles. The van der Waals surface area contributed by atoms with E-state index in [1.54, 1.807) is 11.8 Å². The van der Waals surface area contributed by atoms with Crippen LogP contribution >= 0.6 is 11.8 Å². The first-order valence-corrected chi connectivity index (χ1v) is 6.90. The van der Waals surface area contributed by atoms with Gasteiger partial charge in [0.15, 0.2) is 5.82 Å². The van der Waals surface area contributed by atoms with Crippen LogP contribution in [-0.4, -0.2) is 25.3 Å². The zero-order chi connectivity index (χ0) is 13.9. The molecule has 0 saturated heterocycles. The van der Waals surface area contributed by atoms with Crippen LogP contribution < -0.4 is 5.73 Å². The van der Waals surface area contributed by atoms with Gasteiger partial charge in [-0.15, -0.1) is 16.9 Å². The van der Waals surface area contributed by atoms with Crippen molar-refractivity contribution in [2.75, 3.05) is 5.73 Å². The zero-order valence-corrected chi connectivity index (χ0v) is 11.5. The van der Waals surface area contributed by atoms with Gasteiger partial charge < -0.3 is 10.3 Å². The number of nitrogens with zero attached hydrogens (tertiary/aromatic N) is 4. The van der Waals surface area contributed by atoms with E-state index in [2.05, 4.69) is 44.4 Å². The van der Waals surface area contributed by atoms with Crippen molar-refractivity contribution in [3.8, 4) is 11.7 Å². The normalized spacial score (nSPS) is 10.8. The van der Waals surface area contributed by atoms with E-state index < -0.39 is 0 Å². The number of rotatable bonds is 4. The van der Waals surface area contributed by atoms with Crippen LogP contribution in [-0.2, 0) is 5.75 Å². The van der Waals surface area contributed by atoms with Crippen molar-refractivity contribution in [1.29, 1.82) is 0 Å². The van der Waals surface area contributed by atoms with E-state index in [4.69, 9.17) is 10.3 Å². The van der Waals surface area contributed by atoms with Crippen LogP contribution in [0.25, 0.3) is 11.7 Å². The van der Waals surface area contributed by atoms with Crippen molar-refractivity contribution in [2.45, 2.75) is 17.6 Å². The van der Waals surface area contributed by atoms with Crippen molar-refractivity contribution in [3.63, 3.8) is 0 Å². The number of nitrogen functional groups attached to an aromatic ring is 1. The molecule has 3 rings (SSSR count). The lowest BCUT2D eigenvalue weighted by molar-refractivity contribution is 0.422. The Morgan fingerprint density at radius 1 is 1.30 bits per heavy atom. The molecular formula is C12H12N6OS. The smallest absolute Gasteiger partial charge is 0.295 e. The molecule has 0 atom stereocenters. The number of nitrogens with two attached hydrogens (primary N) is 1. The molecule has 3 aromatic rings. The molecule has 102 valence electrons. The predicted octanol–water partition coefficient (Wildman–Crippen LogP) is 2.04. The Bertz CT molecular complexity index is 722. The first-order chi connectivity index (χ1) is 9.72. The van der Waals surface area contributed by atoms with Crippen LogP contribution in [0.1, 0.15) is 11.4 Å². The van der Waals surface area contributed by atoms with Gasteiger partial charge in [-0.25, -0.2) is 0 Å². The number of thioether (sulfide) groups is 1. The highest BCUT2D eigenvalue weighted by Crippen LogP contribution is 2.25. The standard InChI is InChI=1S/C12H12N6OS/c1-7-4-2-3-5-8(7)20-6-9-14-11(19-18-9)10-15-12(13)17-16-10/h2-5H,6H2,1H3,(H3,13,15,16,17). The first kappa shape index (κ1) is 12.7. The number of aromatic nitrogens is 5. The van der Waals surface area contributed by atoms with Gasteiger partial charge in [-0.2, -0.15) is 9.97 Å². The second-order valence-electron chi connectivity index (χ2n) is 4.11. The van der Waals surface area contributed by atoms with Gasteiger partial charge in [0.1, 0.15) is 0 Å². The zero-order valence-electron chi connectivity index (χ0n) is 10.7. The monoisotopic (exact) mass is 288 g/mol. The lowest BCUT2D eigenvalue weighted by atomic mass is 10.2. The van der Waals surface area contributed by atoms with Crippen molar-refractivity contribution >= 4 is 17.7 Å². The number of hydrogen-bond acceptors (Lipinski definition) is 7. The predicted molar refractivity (Wildman–Crippen MR) is 74.8 cm³/mol. The molecule has 3 N–H and O–H groups in total. The molecule has 0 radical (unpaired) electrons. The Balaban J connectivity index is 1.70. The first-order valence-electron chi connectivity index (χ1n) is 5.91. The number of nitrogens with one attached hydrogen (secondary N) is 1. The van der Waals surface area contributed by atoms with Crippen LogP contribution in [0.15, 0.2) is 33.7 Å². The van der Waals surface area contributed by atoms with Crippen molar-refractivity contribution in [3.05, 3.63) is 35.7 Å². The summed E-state index contributed by atoms with van der Waals surface area (Å²) in [6.07, 6.45) is 0. The molecule has 0 bridgehead atoms. The van der Waals surface area contributed by atoms with E-state index in [-0.39, 0.29) is 11.8 Å². The van der Waals surface area contributed by atoms with E-state index in [1.807, 2.05) is 12.1 Å². The molecular weight excluding hydrogens is 276 g/mol. The average molecular weight is 288 g/mol. The van der Waals surface area contributed by atoms with E-state index >= 15 is 0 Å². The van der Waals surface area contributed by atoms with Gasteiger partial charge in [0.25, 0.3) is 5.89 Å². The van der Waals surface area contributed by atoms with Gasteiger partial charge in [-0.05, 0) is 18.6 Å². The second kappa shape index (κ2) is 5.33. The van der Waals surface area contributed by atoms with Crippen LogP contribution in [0, 0.1) is 6.92 Å².